The van der Waals surface area contributed by atoms with Gasteiger partial charge in [0.25, 0.3) is 0 Å². The first-order valence-corrected chi connectivity index (χ1v) is 7.15. The van der Waals surface area contributed by atoms with Gasteiger partial charge in [0.1, 0.15) is 24.3 Å². The van der Waals surface area contributed by atoms with Crippen molar-refractivity contribution in [1.29, 1.82) is 0 Å². The first-order valence-electron chi connectivity index (χ1n) is 7.15. The topological polar surface area (TPSA) is 83.6 Å². The van der Waals surface area contributed by atoms with Gasteiger partial charge in [-0.05, 0) is 26.7 Å². The fourth-order valence-corrected chi connectivity index (χ4v) is 2.75. The van der Waals surface area contributed by atoms with E-state index in [2.05, 4.69) is 9.98 Å². The molecule has 4 unspecified atom stereocenters. The van der Waals surface area contributed by atoms with E-state index in [1.54, 1.807) is 0 Å². The van der Waals surface area contributed by atoms with E-state index in [1.807, 2.05) is 13.8 Å². The Bertz CT molecular complexity index is 422. The smallest absolute Gasteiger partial charge is 0.188 e. The molecule has 0 bridgehead atoms. The fourth-order valence-electron chi connectivity index (χ4n) is 2.75. The first-order chi connectivity index (χ1) is 9.49. The normalized spacial score (nSPS) is 43.4. The summed E-state index contributed by atoms with van der Waals surface area (Å²) in [5.41, 5.74) is -1.01. The molecule has 112 valence electrons. The predicted octanol–water partition coefficient (Wildman–Crippen LogP) is 0.372. The molecule has 6 nitrogen and oxygen atoms in total. The van der Waals surface area contributed by atoms with Gasteiger partial charge in [-0.25, -0.2) is 9.98 Å². The zero-order chi connectivity index (χ0) is 14.4. The van der Waals surface area contributed by atoms with Crippen molar-refractivity contribution in [1.82, 2.24) is 0 Å². The Morgan fingerprint density at radius 3 is 1.60 bits per heavy atom. The summed E-state index contributed by atoms with van der Waals surface area (Å²) in [5.74, 6) is 1.84. The van der Waals surface area contributed by atoms with Crippen molar-refractivity contribution in [2.45, 2.75) is 37.8 Å². The highest BCUT2D eigenvalue weighted by atomic mass is 16.5. The summed E-state index contributed by atoms with van der Waals surface area (Å²) < 4.78 is 11.3. The average Bonchev–Trinajstić information content (AvgIpc) is 2.95. The SMILES string of the molecule is CC1(CO)COC(C2CCC2C2=NC(C)(CO)CO2)=N1. The molecule has 0 aromatic rings. The van der Waals surface area contributed by atoms with Crippen LogP contribution in [0, 0.1) is 11.8 Å². The van der Waals surface area contributed by atoms with Crippen LogP contribution in [0.3, 0.4) is 0 Å². The molecule has 6 heteroatoms. The van der Waals surface area contributed by atoms with Crippen LogP contribution >= 0.6 is 0 Å². The number of hydrogen-bond donors (Lipinski definition) is 2. The molecule has 1 fully saturated rings. The van der Waals surface area contributed by atoms with Crippen LogP contribution in [0.1, 0.15) is 26.7 Å². The molecular weight excluding hydrogens is 260 g/mol. The van der Waals surface area contributed by atoms with Crippen LogP contribution in [0.15, 0.2) is 9.98 Å². The van der Waals surface area contributed by atoms with E-state index in [0.717, 1.165) is 24.6 Å². The van der Waals surface area contributed by atoms with Crippen molar-refractivity contribution in [2.75, 3.05) is 26.4 Å². The Labute approximate surface area is 118 Å². The van der Waals surface area contributed by atoms with Gasteiger partial charge < -0.3 is 19.7 Å². The molecule has 0 aromatic carbocycles. The second-order valence-electron chi connectivity index (χ2n) is 6.58. The van der Waals surface area contributed by atoms with Gasteiger partial charge in [0, 0.05) is 11.8 Å². The Hall–Kier alpha value is -1.14. The molecule has 0 amide bonds. The van der Waals surface area contributed by atoms with Crippen LogP contribution in [-0.2, 0) is 9.47 Å². The summed E-state index contributed by atoms with van der Waals surface area (Å²) >= 11 is 0. The largest absolute Gasteiger partial charge is 0.478 e. The maximum Gasteiger partial charge on any atom is 0.188 e. The van der Waals surface area contributed by atoms with E-state index in [1.165, 1.54) is 0 Å². The van der Waals surface area contributed by atoms with Crippen molar-refractivity contribution in [3.8, 4) is 0 Å². The monoisotopic (exact) mass is 282 g/mol. The van der Waals surface area contributed by atoms with Crippen LogP contribution in [0.4, 0.5) is 0 Å². The molecule has 1 saturated carbocycles. The van der Waals surface area contributed by atoms with E-state index in [0.29, 0.717) is 13.2 Å². The molecule has 2 aliphatic heterocycles. The second-order valence-corrected chi connectivity index (χ2v) is 6.58. The molecule has 2 heterocycles. The van der Waals surface area contributed by atoms with Crippen LogP contribution < -0.4 is 0 Å². The lowest BCUT2D eigenvalue weighted by molar-refractivity contribution is 0.153. The molecule has 2 N–H and O–H groups in total. The Kier molecular flexibility index (Phi) is 3.25. The Balaban J connectivity index is 1.72. The zero-order valence-electron chi connectivity index (χ0n) is 12.0. The lowest BCUT2D eigenvalue weighted by atomic mass is 9.73. The molecule has 0 radical (unpaired) electrons. The molecule has 0 saturated heterocycles. The summed E-state index contributed by atoms with van der Waals surface area (Å²) in [7, 11) is 0. The molecule has 4 atom stereocenters. The van der Waals surface area contributed by atoms with Crippen LogP contribution in [0.5, 0.6) is 0 Å². The van der Waals surface area contributed by atoms with Crippen molar-refractivity contribution in [3.63, 3.8) is 0 Å². The summed E-state index contributed by atoms with van der Waals surface area (Å²) in [4.78, 5) is 9.05. The standard InChI is InChI=1S/C14H22N2O4/c1-13(5-17)7-19-11(15-13)9-3-4-10(9)12-16-14(2,6-18)8-20-12/h9-10,17-18H,3-8H2,1-2H3. The van der Waals surface area contributed by atoms with Crippen molar-refractivity contribution < 1.29 is 19.7 Å². The van der Waals surface area contributed by atoms with E-state index in [4.69, 9.17) is 9.47 Å². The highest BCUT2D eigenvalue weighted by Crippen LogP contribution is 2.41. The van der Waals surface area contributed by atoms with Gasteiger partial charge >= 0.3 is 0 Å². The van der Waals surface area contributed by atoms with Gasteiger partial charge in [0.15, 0.2) is 11.8 Å². The highest BCUT2D eigenvalue weighted by molar-refractivity contribution is 5.91. The molecule has 1 aliphatic carbocycles. The molecule has 3 aliphatic rings. The van der Waals surface area contributed by atoms with Crippen LogP contribution in [0.2, 0.25) is 0 Å². The van der Waals surface area contributed by atoms with Gasteiger partial charge in [-0.2, -0.15) is 0 Å². The van der Waals surface area contributed by atoms with Gasteiger partial charge in [0.05, 0.1) is 13.2 Å². The lowest BCUT2D eigenvalue weighted by Crippen LogP contribution is -2.38. The van der Waals surface area contributed by atoms with E-state index >= 15 is 0 Å². The summed E-state index contributed by atoms with van der Waals surface area (Å²) in [6.07, 6.45) is 2.01. The number of ether oxygens (including phenoxy) is 2. The van der Waals surface area contributed by atoms with E-state index < -0.39 is 11.1 Å². The van der Waals surface area contributed by atoms with Gasteiger partial charge in [0.2, 0.25) is 0 Å². The second kappa shape index (κ2) is 4.70. The minimum absolute atomic E-state index is 0.00604. The van der Waals surface area contributed by atoms with Crippen LogP contribution in [-0.4, -0.2) is 59.5 Å². The minimum Gasteiger partial charge on any atom is -0.478 e. The third-order valence-corrected chi connectivity index (χ3v) is 4.41. The van der Waals surface area contributed by atoms with Crippen molar-refractivity contribution in [2.24, 2.45) is 21.8 Å². The molecule has 3 rings (SSSR count). The molecular formula is C14H22N2O4. The number of rotatable bonds is 4. The Morgan fingerprint density at radius 2 is 1.35 bits per heavy atom. The maximum absolute atomic E-state index is 9.33. The predicted molar refractivity (Wildman–Crippen MR) is 74.0 cm³/mol. The van der Waals surface area contributed by atoms with Gasteiger partial charge in [-0.1, -0.05) is 0 Å². The summed E-state index contributed by atoms with van der Waals surface area (Å²) in [5, 5.41) is 18.7. The number of aliphatic hydroxyl groups is 2. The van der Waals surface area contributed by atoms with Gasteiger partial charge in [-0.15, -0.1) is 0 Å². The Morgan fingerprint density at radius 1 is 0.950 bits per heavy atom. The van der Waals surface area contributed by atoms with Crippen LogP contribution in [0.25, 0.3) is 0 Å². The zero-order valence-corrected chi connectivity index (χ0v) is 12.0. The van der Waals surface area contributed by atoms with Gasteiger partial charge in [-0.3, -0.25) is 0 Å². The van der Waals surface area contributed by atoms with Crippen molar-refractivity contribution >= 4 is 11.8 Å². The summed E-state index contributed by atoms with van der Waals surface area (Å²) in [6.45, 7) is 4.63. The average molecular weight is 282 g/mol. The summed E-state index contributed by atoms with van der Waals surface area (Å²) in [6, 6.07) is 0. The van der Waals surface area contributed by atoms with E-state index in [9.17, 15) is 10.2 Å². The molecule has 0 aromatic heterocycles. The number of aliphatic hydroxyl groups excluding tert-OH is 2. The first kappa shape index (κ1) is 13.8. The number of hydrogen-bond acceptors (Lipinski definition) is 6. The maximum atomic E-state index is 9.33. The third-order valence-electron chi connectivity index (χ3n) is 4.41. The lowest BCUT2D eigenvalue weighted by Gasteiger charge is -2.34. The number of nitrogens with zero attached hydrogens (tertiary/aromatic N) is 2. The number of aliphatic imine (C=N–C) groups is 2. The quantitative estimate of drug-likeness (QED) is 0.780. The minimum atomic E-state index is -0.507. The third kappa shape index (κ3) is 2.20. The highest BCUT2D eigenvalue weighted by Gasteiger charge is 2.47. The van der Waals surface area contributed by atoms with E-state index in [-0.39, 0.29) is 25.0 Å². The molecule has 20 heavy (non-hydrogen) atoms. The van der Waals surface area contributed by atoms with Crippen molar-refractivity contribution in [3.05, 3.63) is 0 Å². The fraction of sp³-hybridized carbons (Fsp3) is 0.857. The molecule has 0 spiro atoms.